The van der Waals surface area contributed by atoms with E-state index in [-0.39, 0.29) is 5.60 Å². The highest BCUT2D eigenvalue weighted by atomic mass is 16.5. The molecule has 1 N–H and O–H groups in total. The van der Waals surface area contributed by atoms with Crippen LogP contribution in [-0.2, 0) is 4.74 Å². The van der Waals surface area contributed by atoms with Gasteiger partial charge in [-0.1, -0.05) is 6.92 Å². The molecule has 0 spiro atoms. The van der Waals surface area contributed by atoms with E-state index in [2.05, 4.69) is 19.2 Å². The second-order valence-corrected chi connectivity index (χ2v) is 5.03. The first-order valence-corrected chi connectivity index (χ1v) is 6.13. The van der Waals surface area contributed by atoms with Gasteiger partial charge in [0.25, 0.3) is 0 Å². The minimum Gasteiger partial charge on any atom is -0.374 e. The molecular formula is C12H23NO. The second-order valence-electron chi connectivity index (χ2n) is 5.03. The van der Waals surface area contributed by atoms with Crippen molar-refractivity contribution in [1.82, 2.24) is 5.32 Å². The van der Waals surface area contributed by atoms with Gasteiger partial charge in [0.2, 0.25) is 0 Å². The molecule has 2 unspecified atom stereocenters. The molecular weight excluding hydrogens is 174 g/mol. The van der Waals surface area contributed by atoms with Crippen LogP contribution in [0.1, 0.15) is 46.0 Å². The van der Waals surface area contributed by atoms with E-state index in [1.165, 1.54) is 32.1 Å². The third-order valence-corrected chi connectivity index (χ3v) is 3.61. The average Bonchev–Trinajstić information content (AvgIpc) is 2.90. The van der Waals surface area contributed by atoms with Crippen molar-refractivity contribution in [2.75, 3.05) is 13.2 Å². The van der Waals surface area contributed by atoms with E-state index in [1.807, 2.05) is 0 Å². The Kier molecular flexibility index (Phi) is 3.13. The van der Waals surface area contributed by atoms with E-state index in [9.17, 15) is 0 Å². The number of rotatable bonds is 5. The highest BCUT2D eigenvalue weighted by molar-refractivity contribution is 5.00. The summed E-state index contributed by atoms with van der Waals surface area (Å²) in [6, 6.07) is 0.616. The Morgan fingerprint density at radius 3 is 2.79 bits per heavy atom. The van der Waals surface area contributed by atoms with Gasteiger partial charge in [-0.2, -0.15) is 0 Å². The number of nitrogens with one attached hydrogen (secondary N) is 1. The molecule has 2 atom stereocenters. The topological polar surface area (TPSA) is 21.3 Å². The van der Waals surface area contributed by atoms with Crippen LogP contribution in [-0.4, -0.2) is 24.8 Å². The Labute approximate surface area is 87.4 Å². The average molecular weight is 197 g/mol. The summed E-state index contributed by atoms with van der Waals surface area (Å²) < 4.78 is 5.94. The van der Waals surface area contributed by atoms with Crippen LogP contribution in [0.2, 0.25) is 0 Å². The van der Waals surface area contributed by atoms with Crippen molar-refractivity contribution in [3.8, 4) is 0 Å². The quantitative estimate of drug-likeness (QED) is 0.730. The van der Waals surface area contributed by atoms with Crippen molar-refractivity contribution >= 4 is 0 Å². The summed E-state index contributed by atoms with van der Waals surface area (Å²) in [5.74, 6) is 0.893. The van der Waals surface area contributed by atoms with Crippen LogP contribution in [0.3, 0.4) is 0 Å². The molecule has 0 radical (unpaired) electrons. The van der Waals surface area contributed by atoms with Crippen LogP contribution in [0.4, 0.5) is 0 Å². The van der Waals surface area contributed by atoms with Crippen LogP contribution < -0.4 is 5.32 Å². The maximum Gasteiger partial charge on any atom is 0.0810 e. The van der Waals surface area contributed by atoms with E-state index in [4.69, 9.17) is 4.74 Å². The predicted octanol–water partition coefficient (Wildman–Crippen LogP) is 2.33. The van der Waals surface area contributed by atoms with Gasteiger partial charge < -0.3 is 10.1 Å². The Morgan fingerprint density at radius 2 is 2.29 bits per heavy atom. The molecule has 2 aliphatic rings. The molecule has 1 saturated carbocycles. The molecule has 2 nitrogen and oxygen atoms in total. The van der Waals surface area contributed by atoms with Gasteiger partial charge in [-0.05, 0) is 51.5 Å². The van der Waals surface area contributed by atoms with Gasteiger partial charge in [0, 0.05) is 12.6 Å². The monoisotopic (exact) mass is 197 g/mol. The highest BCUT2D eigenvalue weighted by Gasteiger charge is 2.45. The van der Waals surface area contributed by atoms with Crippen LogP contribution >= 0.6 is 0 Å². The molecule has 1 saturated heterocycles. The lowest BCUT2D eigenvalue weighted by Gasteiger charge is -2.34. The van der Waals surface area contributed by atoms with Crippen LogP contribution in [0.5, 0.6) is 0 Å². The lowest BCUT2D eigenvalue weighted by Crippen LogP contribution is -2.50. The van der Waals surface area contributed by atoms with Gasteiger partial charge in [-0.3, -0.25) is 0 Å². The minimum absolute atomic E-state index is 0.135. The van der Waals surface area contributed by atoms with Gasteiger partial charge in [-0.15, -0.1) is 0 Å². The zero-order chi connectivity index (χ0) is 10.0. The molecule has 2 heteroatoms. The smallest absolute Gasteiger partial charge is 0.0810 e. The molecule has 2 rings (SSSR count). The second kappa shape index (κ2) is 4.19. The summed E-state index contributed by atoms with van der Waals surface area (Å²) in [7, 11) is 0. The number of ether oxygens (including phenoxy) is 1. The van der Waals surface area contributed by atoms with Crippen molar-refractivity contribution in [3.63, 3.8) is 0 Å². The number of hydrogen-bond donors (Lipinski definition) is 1. The lowest BCUT2D eigenvalue weighted by atomic mass is 9.89. The van der Waals surface area contributed by atoms with Crippen molar-refractivity contribution in [3.05, 3.63) is 0 Å². The first-order valence-electron chi connectivity index (χ1n) is 6.13. The molecule has 0 aromatic carbocycles. The first-order chi connectivity index (χ1) is 6.76. The van der Waals surface area contributed by atoms with Crippen molar-refractivity contribution in [2.24, 2.45) is 5.92 Å². The fourth-order valence-electron chi connectivity index (χ4n) is 2.66. The zero-order valence-corrected chi connectivity index (χ0v) is 9.51. The lowest BCUT2D eigenvalue weighted by molar-refractivity contribution is -0.0177. The number of hydrogen-bond acceptors (Lipinski definition) is 2. The molecule has 14 heavy (non-hydrogen) atoms. The van der Waals surface area contributed by atoms with Crippen LogP contribution in [0.25, 0.3) is 0 Å². The molecule has 1 aliphatic heterocycles. The summed E-state index contributed by atoms with van der Waals surface area (Å²) in [5.41, 5.74) is 0.135. The fraction of sp³-hybridized carbons (Fsp3) is 1.00. The maximum absolute atomic E-state index is 5.94. The SMILES string of the molecule is CCCNC(C1CC1)C1(C)CCCO1. The van der Waals surface area contributed by atoms with E-state index in [1.54, 1.807) is 0 Å². The van der Waals surface area contributed by atoms with Gasteiger partial charge in [0.1, 0.15) is 0 Å². The summed E-state index contributed by atoms with van der Waals surface area (Å²) in [6.07, 6.45) is 6.51. The third kappa shape index (κ3) is 2.12. The van der Waals surface area contributed by atoms with E-state index >= 15 is 0 Å². The Bertz CT molecular complexity index is 183. The standard InChI is InChI=1S/C12H23NO/c1-3-8-13-11(10-5-6-10)12(2)7-4-9-14-12/h10-11,13H,3-9H2,1-2H3. The van der Waals surface area contributed by atoms with Gasteiger partial charge >= 0.3 is 0 Å². The van der Waals surface area contributed by atoms with Crippen LogP contribution in [0, 0.1) is 5.92 Å². The van der Waals surface area contributed by atoms with Gasteiger partial charge in [-0.25, -0.2) is 0 Å². The molecule has 0 aromatic heterocycles. The largest absolute Gasteiger partial charge is 0.374 e. The van der Waals surface area contributed by atoms with E-state index in [0.29, 0.717) is 6.04 Å². The van der Waals surface area contributed by atoms with Crippen molar-refractivity contribution < 1.29 is 4.74 Å². The van der Waals surface area contributed by atoms with Gasteiger partial charge in [0.15, 0.2) is 0 Å². The third-order valence-electron chi connectivity index (χ3n) is 3.61. The highest BCUT2D eigenvalue weighted by Crippen LogP contribution is 2.42. The molecule has 82 valence electrons. The zero-order valence-electron chi connectivity index (χ0n) is 9.51. The maximum atomic E-state index is 5.94. The van der Waals surface area contributed by atoms with E-state index in [0.717, 1.165) is 19.1 Å². The van der Waals surface area contributed by atoms with Crippen molar-refractivity contribution in [2.45, 2.75) is 57.6 Å². The molecule has 0 aromatic rings. The molecule has 0 amide bonds. The van der Waals surface area contributed by atoms with Crippen molar-refractivity contribution in [1.29, 1.82) is 0 Å². The normalized spacial score (nSPS) is 34.7. The first kappa shape index (κ1) is 10.4. The predicted molar refractivity (Wildman–Crippen MR) is 58.4 cm³/mol. The summed E-state index contributed by atoms with van der Waals surface area (Å²) in [4.78, 5) is 0. The molecule has 0 bridgehead atoms. The minimum atomic E-state index is 0.135. The Hall–Kier alpha value is -0.0800. The summed E-state index contributed by atoms with van der Waals surface area (Å²) >= 11 is 0. The molecule has 1 aliphatic carbocycles. The Balaban J connectivity index is 1.94. The Morgan fingerprint density at radius 1 is 1.50 bits per heavy atom. The fourth-order valence-corrected chi connectivity index (χ4v) is 2.66. The van der Waals surface area contributed by atoms with Crippen LogP contribution in [0.15, 0.2) is 0 Å². The molecule has 1 heterocycles. The summed E-state index contributed by atoms with van der Waals surface area (Å²) in [6.45, 7) is 6.63. The summed E-state index contributed by atoms with van der Waals surface area (Å²) in [5, 5.41) is 3.69. The van der Waals surface area contributed by atoms with Gasteiger partial charge in [0.05, 0.1) is 5.60 Å². The van der Waals surface area contributed by atoms with E-state index < -0.39 is 0 Å². The molecule has 2 fully saturated rings.